The second-order valence-electron chi connectivity index (χ2n) is 7.86. The molecule has 1 unspecified atom stereocenters. The molecule has 4 aromatic rings. The molecule has 2 aromatic carbocycles. The lowest BCUT2D eigenvalue weighted by atomic mass is 10.1. The van der Waals surface area contributed by atoms with Crippen LogP contribution in [0.5, 0.6) is 11.5 Å². The van der Waals surface area contributed by atoms with Gasteiger partial charge in [-0.25, -0.2) is 14.8 Å². The Morgan fingerprint density at radius 3 is 2.44 bits per heavy atom. The molecule has 0 aliphatic heterocycles. The topological polar surface area (TPSA) is 95.2 Å². The molecule has 2 N–H and O–H groups in total. The summed E-state index contributed by atoms with van der Waals surface area (Å²) in [7, 11) is 5.07. The Bertz CT molecular complexity index is 1210. The highest BCUT2D eigenvalue weighted by molar-refractivity contribution is 5.75. The summed E-state index contributed by atoms with van der Waals surface area (Å²) in [6.45, 7) is 1.11. The van der Waals surface area contributed by atoms with Crippen molar-refractivity contribution in [2.45, 2.75) is 19.1 Å². The Morgan fingerprint density at radius 1 is 1.03 bits per heavy atom. The number of imidazole rings is 2. The first kappa shape index (κ1) is 22.9. The van der Waals surface area contributed by atoms with Crippen LogP contribution < -0.4 is 20.1 Å². The third-order valence-electron chi connectivity index (χ3n) is 5.47. The van der Waals surface area contributed by atoms with E-state index < -0.39 is 6.04 Å². The maximum Gasteiger partial charge on any atom is 0.315 e. The normalized spacial score (nSPS) is 11.6. The van der Waals surface area contributed by atoms with Crippen LogP contribution >= 0.6 is 0 Å². The van der Waals surface area contributed by atoms with Crippen molar-refractivity contribution in [3.63, 3.8) is 0 Å². The Hall–Kier alpha value is -4.27. The van der Waals surface area contributed by atoms with Gasteiger partial charge in [0.25, 0.3) is 0 Å². The van der Waals surface area contributed by atoms with Crippen LogP contribution in [0.1, 0.15) is 28.6 Å². The van der Waals surface area contributed by atoms with E-state index in [1.54, 1.807) is 39.0 Å². The van der Waals surface area contributed by atoms with Gasteiger partial charge in [0, 0.05) is 51.0 Å². The van der Waals surface area contributed by atoms with E-state index in [1.807, 2.05) is 52.8 Å². The van der Waals surface area contributed by atoms with Crippen molar-refractivity contribution >= 4 is 6.03 Å². The molecule has 0 fully saturated rings. The first-order valence-electron chi connectivity index (χ1n) is 10.8. The van der Waals surface area contributed by atoms with Gasteiger partial charge < -0.3 is 29.2 Å². The Morgan fingerprint density at radius 2 is 1.79 bits per heavy atom. The zero-order chi connectivity index (χ0) is 23.9. The van der Waals surface area contributed by atoms with Crippen molar-refractivity contribution in [3.8, 4) is 11.5 Å². The number of nitrogens with zero attached hydrogens (tertiary/aromatic N) is 4. The van der Waals surface area contributed by atoms with Gasteiger partial charge >= 0.3 is 6.03 Å². The number of aromatic nitrogens is 4. The van der Waals surface area contributed by atoms with Gasteiger partial charge in [0.2, 0.25) is 0 Å². The second-order valence-corrected chi connectivity index (χ2v) is 7.86. The first-order valence-corrected chi connectivity index (χ1v) is 10.8. The number of benzene rings is 2. The van der Waals surface area contributed by atoms with E-state index in [2.05, 4.69) is 32.7 Å². The third-order valence-corrected chi connectivity index (χ3v) is 5.47. The number of carbonyl (C=O) groups excluding carboxylic acids is 1. The molecule has 0 aliphatic carbocycles. The van der Waals surface area contributed by atoms with Crippen LogP contribution in [0.15, 0.2) is 73.6 Å². The lowest BCUT2D eigenvalue weighted by Crippen LogP contribution is -2.39. The molecular formula is C25H28N6O3. The van der Waals surface area contributed by atoms with Gasteiger partial charge in [0.05, 0.1) is 20.5 Å². The van der Waals surface area contributed by atoms with E-state index >= 15 is 0 Å². The van der Waals surface area contributed by atoms with Crippen molar-refractivity contribution in [3.05, 3.63) is 96.1 Å². The number of carbonyl (C=O) groups is 1. The van der Waals surface area contributed by atoms with E-state index in [0.29, 0.717) is 23.9 Å². The summed E-state index contributed by atoms with van der Waals surface area (Å²) in [6.07, 6.45) is 9.00. The van der Waals surface area contributed by atoms with E-state index in [9.17, 15) is 4.79 Å². The lowest BCUT2D eigenvalue weighted by Gasteiger charge is -2.21. The van der Waals surface area contributed by atoms with Crippen molar-refractivity contribution in [2.24, 2.45) is 7.05 Å². The van der Waals surface area contributed by atoms with Crippen LogP contribution in [-0.2, 0) is 20.1 Å². The minimum atomic E-state index is -0.503. The SMILES string of the molecule is COc1cc(OC)cc(C(NC(=O)NCc2cccc(Cn3ccnc3)c2)c2nccn2C)c1. The van der Waals surface area contributed by atoms with Gasteiger partial charge in [-0.2, -0.15) is 0 Å². The fourth-order valence-corrected chi connectivity index (χ4v) is 3.74. The molecule has 1 atom stereocenters. The molecule has 2 heterocycles. The smallest absolute Gasteiger partial charge is 0.315 e. The lowest BCUT2D eigenvalue weighted by molar-refractivity contribution is 0.237. The van der Waals surface area contributed by atoms with Crippen molar-refractivity contribution < 1.29 is 14.3 Å². The minimum Gasteiger partial charge on any atom is -0.497 e. The highest BCUT2D eigenvalue weighted by atomic mass is 16.5. The molecule has 0 radical (unpaired) electrons. The highest BCUT2D eigenvalue weighted by Crippen LogP contribution is 2.29. The van der Waals surface area contributed by atoms with Crippen molar-refractivity contribution in [1.82, 2.24) is 29.7 Å². The Balaban J connectivity index is 1.48. The van der Waals surface area contributed by atoms with Crippen LogP contribution in [0.25, 0.3) is 0 Å². The van der Waals surface area contributed by atoms with Gasteiger partial charge in [-0.1, -0.05) is 24.3 Å². The second kappa shape index (κ2) is 10.6. The molecule has 0 saturated heterocycles. The summed E-state index contributed by atoms with van der Waals surface area (Å²) in [6, 6.07) is 12.8. The molecule has 0 saturated carbocycles. The molecule has 176 valence electrons. The van der Waals surface area contributed by atoms with Gasteiger partial charge in [-0.15, -0.1) is 0 Å². The summed E-state index contributed by atoms with van der Waals surface area (Å²) >= 11 is 0. The summed E-state index contributed by atoms with van der Waals surface area (Å²) < 4.78 is 14.7. The molecule has 4 rings (SSSR count). The monoisotopic (exact) mass is 460 g/mol. The molecule has 0 spiro atoms. The number of methoxy groups -OCH3 is 2. The summed E-state index contributed by atoms with van der Waals surface area (Å²) in [5.74, 6) is 1.95. The maximum absolute atomic E-state index is 12.9. The molecular weight excluding hydrogens is 432 g/mol. The molecule has 9 heteroatoms. The van der Waals surface area contributed by atoms with Gasteiger partial charge in [-0.3, -0.25) is 0 Å². The molecule has 9 nitrogen and oxygen atoms in total. The summed E-state index contributed by atoms with van der Waals surface area (Å²) in [4.78, 5) is 21.5. The van der Waals surface area contributed by atoms with Crippen LogP contribution in [0, 0.1) is 0 Å². The summed E-state index contributed by atoms with van der Waals surface area (Å²) in [5, 5.41) is 6.00. The van der Waals surface area contributed by atoms with Crippen LogP contribution in [-0.4, -0.2) is 39.4 Å². The zero-order valence-corrected chi connectivity index (χ0v) is 19.4. The number of urea groups is 1. The molecule has 34 heavy (non-hydrogen) atoms. The number of nitrogens with one attached hydrogen (secondary N) is 2. The summed E-state index contributed by atoms with van der Waals surface area (Å²) in [5.41, 5.74) is 2.93. The standard InChI is InChI=1S/C25H28N6O3/c1-30-9-8-27-24(30)23(20-12-21(33-2)14-22(13-20)34-3)29-25(32)28-15-18-5-4-6-19(11-18)16-31-10-7-26-17-31/h4-14,17,23H,15-16H2,1-3H3,(H2,28,29,32). The molecule has 0 bridgehead atoms. The fourth-order valence-electron chi connectivity index (χ4n) is 3.74. The van der Waals surface area contributed by atoms with E-state index in [0.717, 1.165) is 23.2 Å². The van der Waals surface area contributed by atoms with Gasteiger partial charge in [-0.05, 0) is 28.8 Å². The molecule has 2 aromatic heterocycles. The predicted octanol–water partition coefficient (Wildman–Crippen LogP) is 3.27. The third kappa shape index (κ3) is 5.55. The fraction of sp³-hybridized carbons (Fsp3) is 0.240. The Kier molecular flexibility index (Phi) is 7.12. The van der Waals surface area contributed by atoms with Crippen LogP contribution in [0.4, 0.5) is 4.79 Å². The van der Waals surface area contributed by atoms with Crippen LogP contribution in [0.3, 0.4) is 0 Å². The van der Waals surface area contributed by atoms with Crippen LogP contribution in [0.2, 0.25) is 0 Å². The Labute approximate surface area is 198 Å². The molecule has 0 aliphatic rings. The van der Waals surface area contributed by atoms with Gasteiger partial charge in [0.1, 0.15) is 23.4 Å². The highest BCUT2D eigenvalue weighted by Gasteiger charge is 2.22. The number of rotatable bonds is 9. The van der Waals surface area contributed by atoms with Gasteiger partial charge in [0.15, 0.2) is 0 Å². The van der Waals surface area contributed by atoms with Crippen molar-refractivity contribution in [1.29, 1.82) is 0 Å². The van der Waals surface area contributed by atoms with Crippen molar-refractivity contribution in [2.75, 3.05) is 14.2 Å². The quantitative estimate of drug-likeness (QED) is 0.400. The largest absolute Gasteiger partial charge is 0.497 e. The predicted molar refractivity (Wildman–Crippen MR) is 128 cm³/mol. The van der Waals surface area contributed by atoms with E-state index in [-0.39, 0.29) is 6.03 Å². The van der Waals surface area contributed by atoms with E-state index in [4.69, 9.17) is 9.47 Å². The van der Waals surface area contributed by atoms with E-state index in [1.165, 1.54) is 0 Å². The molecule has 2 amide bonds. The average molecular weight is 461 g/mol. The number of hydrogen-bond donors (Lipinski definition) is 2. The first-order chi connectivity index (χ1) is 16.6. The number of ether oxygens (including phenoxy) is 2. The average Bonchev–Trinajstić information content (AvgIpc) is 3.52. The number of hydrogen-bond acceptors (Lipinski definition) is 5. The number of aryl methyl sites for hydroxylation is 1. The number of amides is 2. The maximum atomic E-state index is 12.9. The minimum absolute atomic E-state index is 0.310. The zero-order valence-electron chi connectivity index (χ0n) is 19.4.